The maximum absolute atomic E-state index is 11.9. The SMILES string of the molecule is Cn1c(COc2cccc(Oc3ncccn3)c2)cc(=O)n(C)c1=O. The smallest absolute Gasteiger partial charge is 0.330 e. The van der Waals surface area contributed by atoms with Gasteiger partial charge in [-0.1, -0.05) is 6.07 Å². The number of aromatic nitrogens is 4. The Hall–Kier alpha value is -3.42. The van der Waals surface area contributed by atoms with E-state index in [1.807, 2.05) is 0 Å². The van der Waals surface area contributed by atoms with Gasteiger partial charge in [-0.3, -0.25) is 13.9 Å². The normalized spacial score (nSPS) is 10.5. The lowest BCUT2D eigenvalue weighted by atomic mass is 10.3. The summed E-state index contributed by atoms with van der Waals surface area (Å²) in [6, 6.07) is 10.2. The van der Waals surface area contributed by atoms with Crippen LogP contribution in [-0.4, -0.2) is 19.1 Å². The van der Waals surface area contributed by atoms with Gasteiger partial charge in [-0.05, 0) is 18.2 Å². The fourth-order valence-electron chi connectivity index (χ4n) is 2.15. The molecular formula is C17H16N4O4. The van der Waals surface area contributed by atoms with Gasteiger partial charge in [-0.2, -0.15) is 0 Å². The molecule has 1 aromatic carbocycles. The average Bonchev–Trinajstić information content (AvgIpc) is 2.63. The molecule has 0 spiro atoms. The number of ether oxygens (including phenoxy) is 2. The van der Waals surface area contributed by atoms with Crippen LogP contribution >= 0.6 is 0 Å². The molecule has 0 aliphatic carbocycles. The van der Waals surface area contributed by atoms with Crippen molar-refractivity contribution >= 4 is 0 Å². The van der Waals surface area contributed by atoms with E-state index in [4.69, 9.17) is 9.47 Å². The minimum absolute atomic E-state index is 0.0765. The fraction of sp³-hybridized carbons (Fsp3) is 0.176. The first-order valence-corrected chi connectivity index (χ1v) is 7.48. The van der Waals surface area contributed by atoms with Crippen LogP contribution in [0.25, 0.3) is 0 Å². The molecule has 0 amide bonds. The second kappa shape index (κ2) is 7.00. The van der Waals surface area contributed by atoms with E-state index in [9.17, 15) is 9.59 Å². The second-order valence-corrected chi connectivity index (χ2v) is 5.27. The van der Waals surface area contributed by atoms with E-state index in [-0.39, 0.29) is 18.2 Å². The minimum Gasteiger partial charge on any atom is -0.487 e. The summed E-state index contributed by atoms with van der Waals surface area (Å²) in [7, 11) is 3.02. The lowest BCUT2D eigenvalue weighted by Crippen LogP contribution is -2.38. The zero-order chi connectivity index (χ0) is 17.8. The van der Waals surface area contributed by atoms with Crippen LogP contribution in [0.5, 0.6) is 17.5 Å². The molecule has 0 saturated heterocycles. The van der Waals surface area contributed by atoms with Gasteiger partial charge in [0.05, 0.1) is 5.69 Å². The van der Waals surface area contributed by atoms with E-state index in [0.29, 0.717) is 17.2 Å². The summed E-state index contributed by atoms with van der Waals surface area (Å²) >= 11 is 0. The molecule has 0 fully saturated rings. The van der Waals surface area contributed by atoms with Crippen molar-refractivity contribution < 1.29 is 9.47 Å². The quantitative estimate of drug-likeness (QED) is 0.694. The van der Waals surface area contributed by atoms with Crippen LogP contribution in [0.2, 0.25) is 0 Å². The predicted molar refractivity (Wildman–Crippen MR) is 89.8 cm³/mol. The van der Waals surface area contributed by atoms with Gasteiger partial charge in [-0.25, -0.2) is 14.8 Å². The number of hydrogen-bond donors (Lipinski definition) is 0. The largest absolute Gasteiger partial charge is 0.487 e. The minimum atomic E-state index is -0.399. The Balaban J connectivity index is 1.75. The molecule has 0 N–H and O–H groups in total. The summed E-state index contributed by atoms with van der Waals surface area (Å²) < 4.78 is 13.6. The van der Waals surface area contributed by atoms with Crippen molar-refractivity contribution in [1.82, 2.24) is 19.1 Å². The summed E-state index contributed by atoms with van der Waals surface area (Å²) in [6.07, 6.45) is 3.16. The Kier molecular flexibility index (Phi) is 4.60. The molecule has 0 atom stereocenters. The van der Waals surface area contributed by atoms with Crippen LogP contribution in [0.4, 0.5) is 0 Å². The summed E-state index contributed by atoms with van der Waals surface area (Å²) in [4.78, 5) is 31.6. The highest BCUT2D eigenvalue weighted by atomic mass is 16.5. The molecule has 0 bridgehead atoms. The van der Waals surface area contributed by atoms with Crippen LogP contribution in [0, 0.1) is 0 Å². The summed E-state index contributed by atoms with van der Waals surface area (Å²) in [6.45, 7) is 0.0765. The molecular weight excluding hydrogens is 324 g/mol. The van der Waals surface area contributed by atoms with Gasteiger partial charge in [0.25, 0.3) is 5.56 Å². The molecule has 0 radical (unpaired) electrons. The lowest BCUT2D eigenvalue weighted by Gasteiger charge is -2.11. The Bertz CT molecular complexity index is 996. The third-order valence-corrected chi connectivity index (χ3v) is 3.57. The van der Waals surface area contributed by atoms with E-state index < -0.39 is 5.69 Å². The van der Waals surface area contributed by atoms with E-state index in [1.54, 1.807) is 49.8 Å². The molecule has 2 heterocycles. The number of nitrogens with zero attached hydrogens (tertiary/aromatic N) is 4. The van der Waals surface area contributed by atoms with Gasteiger partial charge in [0, 0.05) is 38.6 Å². The first-order chi connectivity index (χ1) is 12.0. The third-order valence-electron chi connectivity index (χ3n) is 3.57. The zero-order valence-electron chi connectivity index (χ0n) is 13.7. The van der Waals surface area contributed by atoms with E-state index in [0.717, 1.165) is 4.57 Å². The van der Waals surface area contributed by atoms with Gasteiger partial charge < -0.3 is 9.47 Å². The van der Waals surface area contributed by atoms with Crippen molar-refractivity contribution in [2.75, 3.05) is 0 Å². The standard InChI is InChI=1S/C17H16N4O4/c1-20-12(9-15(22)21(2)17(20)23)11-24-13-5-3-6-14(10-13)25-16-18-7-4-8-19-16/h3-10H,11H2,1-2H3. The van der Waals surface area contributed by atoms with Crippen molar-refractivity contribution in [3.63, 3.8) is 0 Å². The Labute approximate surface area is 142 Å². The van der Waals surface area contributed by atoms with Crippen molar-refractivity contribution in [3.8, 4) is 17.5 Å². The molecule has 0 unspecified atom stereocenters. The van der Waals surface area contributed by atoms with Crippen molar-refractivity contribution in [1.29, 1.82) is 0 Å². The summed E-state index contributed by atoms with van der Waals surface area (Å²) in [5.41, 5.74) is -0.296. The Morgan fingerprint density at radius 2 is 1.68 bits per heavy atom. The van der Waals surface area contributed by atoms with Crippen LogP contribution < -0.4 is 20.7 Å². The maximum Gasteiger partial charge on any atom is 0.330 e. The lowest BCUT2D eigenvalue weighted by molar-refractivity contribution is 0.292. The van der Waals surface area contributed by atoms with Gasteiger partial charge >= 0.3 is 11.7 Å². The third kappa shape index (κ3) is 3.74. The highest BCUT2D eigenvalue weighted by Gasteiger charge is 2.07. The first-order valence-electron chi connectivity index (χ1n) is 7.48. The van der Waals surface area contributed by atoms with Crippen LogP contribution in [-0.2, 0) is 20.7 Å². The van der Waals surface area contributed by atoms with E-state index in [2.05, 4.69) is 9.97 Å². The average molecular weight is 340 g/mol. The van der Waals surface area contributed by atoms with Crippen LogP contribution in [0.3, 0.4) is 0 Å². The fourth-order valence-corrected chi connectivity index (χ4v) is 2.15. The molecule has 3 rings (SSSR count). The molecule has 0 aliphatic rings. The number of rotatable bonds is 5. The highest BCUT2D eigenvalue weighted by Crippen LogP contribution is 2.23. The zero-order valence-corrected chi connectivity index (χ0v) is 13.7. The monoisotopic (exact) mass is 340 g/mol. The molecule has 8 heteroatoms. The second-order valence-electron chi connectivity index (χ2n) is 5.27. The van der Waals surface area contributed by atoms with Crippen molar-refractivity contribution in [3.05, 3.63) is 75.3 Å². The first kappa shape index (κ1) is 16.4. The highest BCUT2D eigenvalue weighted by molar-refractivity contribution is 5.34. The molecule has 25 heavy (non-hydrogen) atoms. The Morgan fingerprint density at radius 1 is 0.960 bits per heavy atom. The van der Waals surface area contributed by atoms with E-state index in [1.165, 1.54) is 17.7 Å². The van der Waals surface area contributed by atoms with Gasteiger partial charge in [0.15, 0.2) is 0 Å². The number of hydrogen-bond acceptors (Lipinski definition) is 6. The van der Waals surface area contributed by atoms with Crippen molar-refractivity contribution in [2.24, 2.45) is 14.1 Å². The van der Waals surface area contributed by atoms with Gasteiger partial charge in [0.1, 0.15) is 18.1 Å². The summed E-state index contributed by atoms with van der Waals surface area (Å²) in [5, 5.41) is 0. The van der Waals surface area contributed by atoms with E-state index >= 15 is 0 Å². The molecule has 0 aliphatic heterocycles. The van der Waals surface area contributed by atoms with Crippen molar-refractivity contribution in [2.45, 2.75) is 6.61 Å². The predicted octanol–water partition coefficient (Wildman–Crippen LogP) is 1.25. The molecule has 128 valence electrons. The van der Waals surface area contributed by atoms with Gasteiger partial charge in [0.2, 0.25) is 0 Å². The molecule has 3 aromatic rings. The number of benzene rings is 1. The topological polar surface area (TPSA) is 88.2 Å². The maximum atomic E-state index is 11.9. The van der Waals surface area contributed by atoms with Crippen LogP contribution in [0.15, 0.2) is 58.4 Å². The molecule has 0 saturated carbocycles. The Morgan fingerprint density at radius 3 is 2.44 bits per heavy atom. The molecule has 8 nitrogen and oxygen atoms in total. The molecule has 2 aromatic heterocycles. The van der Waals surface area contributed by atoms with Gasteiger partial charge in [-0.15, -0.1) is 0 Å². The summed E-state index contributed by atoms with van der Waals surface area (Å²) in [5.74, 6) is 1.04. The van der Waals surface area contributed by atoms with Crippen LogP contribution in [0.1, 0.15) is 5.69 Å².